The fourth-order valence-corrected chi connectivity index (χ4v) is 1.84. The van der Waals surface area contributed by atoms with Crippen LogP contribution in [0.5, 0.6) is 0 Å². The van der Waals surface area contributed by atoms with Gasteiger partial charge in [-0.15, -0.1) is 11.3 Å². The van der Waals surface area contributed by atoms with Crippen molar-refractivity contribution in [1.29, 1.82) is 0 Å². The monoisotopic (exact) mass is 208 g/mol. The molecule has 0 atom stereocenters. The molecule has 0 aliphatic heterocycles. The molecule has 14 heavy (non-hydrogen) atoms. The van der Waals surface area contributed by atoms with Crippen LogP contribution in [0.2, 0.25) is 0 Å². The van der Waals surface area contributed by atoms with Gasteiger partial charge in [0.15, 0.2) is 5.13 Å². The maximum atomic E-state index is 13.0. The summed E-state index contributed by atoms with van der Waals surface area (Å²) in [6.07, 6.45) is 0. The van der Waals surface area contributed by atoms with Crippen molar-refractivity contribution in [2.24, 2.45) is 0 Å². The van der Waals surface area contributed by atoms with Crippen LogP contribution in [0.3, 0.4) is 0 Å². The van der Waals surface area contributed by atoms with Gasteiger partial charge in [-0.2, -0.15) is 0 Å². The van der Waals surface area contributed by atoms with E-state index in [1.807, 2.05) is 12.3 Å². The Balaban J connectivity index is 2.55. The second-order valence-corrected chi connectivity index (χ2v) is 3.92. The lowest BCUT2D eigenvalue weighted by Crippen LogP contribution is -1.87. The van der Waals surface area contributed by atoms with Crippen LogP contribution >= 0.6 is 11.3 Å². The van der Waals surface area contributed by atoms with Gasteiger partial charge in [0.1, 0.15) is 5.82 Å². The fourth-order valence-electron chi connectivity index (χ4n) is 1.28. The summed E-state index contributed by atoms with van der Waals surface area (Å²) < 4.78 is 13.0. The zero-order valence-electron chi connectivity index (χ0n) is 7.62. The maximum absolute atomic E-state index is 13.0. The van der Waals surface area contributed by atoms with Crippen molar-refractivity contribution in [2.75, 3.05) is 5.73 Å². The zero-order valence-corrected chi connectivity index (χ0v) is 8.44. The predicted molar refractivity (Wildman–Crippen MR) is 56.7 cm³/mol. The van der Waals surface area contributed by atoms with Crippen LogP contribution in [0.15, 0.2) is 23.6 Å². The molecule has 0 bridgehead atoms. The van der Waals surface area contributed by atoms with Crippen LogP contribution in [0.4, 0.5) is 9.52 Å². The third-order valence-corrected chi connectivity index (χ3v) is 2.67. The Morgan fingerprint density at radius 1 is 1.43 bits per heavy atom. The van der Waals surface area contributed by atoms with E-state index in [-0.39, 0.29) is 5.82 Å². The Morgan fingerprint density at radius 3 is 2.86 bits per heavy atom. The number of nitrogens with zero attached hydrogens (tertiary/aromatic N) is 1. The lowest BCUT2D eigenvalue weighted by Gasteiger charge is -2.01. The van der Waals surface area contributed by atoms with Crippen molar-refractivity contribution in [3.05, 3.63) is 35.0 Å². The predicted octanol–water partition coefficient (Wildman–Crippen LogP) is 2.84. The SMILES string of the molecule is Cc1ccc(F)cc1-c1csc(N)n1. The fraction of sp³-hybridized carbons (Fsp3) is 0.100. The van der Waals surface area contributed by atoms with Gasteiger partial charge in [0.2, 0.25) is 0 Å². The highest BCUT2D eigenvalue weighted by Gasteiger charge is 2.06. The molecule has 2 nitrogen and oxygen atoms in total. The number of anilines is 1. The molecular formula is C10H9FN2S. The van der Waals surface area contributed by atoms with Gasteiger partial charge in [-0.25, -0.2) is 9.37 Å². The number of rotatable bonds is 1. The minimum atomic E-state index is -0.253. The summed E-state index contributed by atoms with van der Waals surface area (Å²) in [6.45, 7) is 1.92. The Morgan fingerprint density at radius 2 is 2.21 bits per heavy atom. The number of nitrogens with two attached hydrogens (primary N) is 1. The van der Waals surface area contributed by atoms with E-state index in [0.717, 1.165) is 16.8 Å². The first kappa shape index (κ1) is 9.15. The first-order valence-corrected chi connectivity index (χ1v) is 5.02. The lowest BCUT2D eigenvalue weighted by molar-refractivity contribution is 0.628. The van der Waals surface area contributed by atoms with E-state index in [0.29, 0.717) is 5.13 Å². The number of thiazole rings is 1. The van der Waals surface area contributed by atoms with Crippen molar-refractivity contribution in [2.45, 2.75) is 6.92 Å². The van der Waals surface area contributed by atoms with Crippen molar-refractivity contribution in [3.8, 4) is 11.3 Å². The normalized spacial score (nSPS) is 10.4. The average Bonchev–Trinajstić information content (AvgIpc) is 2.56. The topological polar surface area (TPSA) is 38.9 Å². The number of aryl methyl sites for hydroxylation is 1. The van der Waals surface area contributed by atoms with Gasteiger partial charge >= 0.3 is 0 Å². The molecule has 0 amide bonds. The second kappa shape index (κ2) is 3.38. The minimum absolute atomic E-state index is 0.253. The van der Waals surface area contributed by atoms with Crippen molar-refractivity contribution >= 4 is 16.5 Å². The van der Waals surface area contributed by atoms with Crippen LogP contribution in [-0.4, -0.2) is 4.98 Å². The molecule has 0 saturated heterocycles. The molecule has 0 aliphatic rings. The van der Waals surface area contributed by atoms with Gasteiger partial charge < -0.3 is 5.73 Å². The number of halogens is 1. The van der Waals surface area contributed by atoms with E-state index < -0.39 is 0 Å². The average molecular weight is 208 g/mol. The molecule has 72 valence electrons. The third-order valence-electron chi connectivity index (χ3n) is 2.00. The van der Waals surface area contributed by atoms with Gasteiger partial charge in [0.25, 0.3) is 0 Å². The van der Waals surface area contributed by atoms with Crippen LogP contribution in [0, 0.1) is 12.7 Å². The molecular weight excluding hydrogens is 199 g/mol. The summed E-state index contributed by atoms with van der Waals surface area (Å²) >= 11 is 1.36. The summed E-state index contributed by atoms with van der Waals surface area (Å²) in [5.41, 5.74) is 8.06. The number of nitrogen functional groups attached to an aromatic ring is 1. The Bertz CT molecular complexity index is 465. The largest absolute Gasteiger partial charge is 0.375 e. The third kappa shape index (κ3) is 1.61. The van der Waals surface area contributed by atoms with E-state index in [1.54, 1.807) is 6.07 Å². The number of benzene rings is 1. The molecule has 4 heteroatoms. The maximum Gasteiger partial charge on any atom is 0.180 e. The number of hydrogen-bond acceptors (Lipinski definition) is 3. The molecule has 2 N–H and O–H groups in total. The molecule has 0 saturated carbocycles. The molecule has 0 fully saturated rings. The number of hydrogen-bond donors (Lipinski definition) is 1. The summed E-state index contributed by atoms with van der Waals surface area (Å²) in [5, 5.41) is 2.33. The Hall–Kier alpha value is -1.42. The van der Waals surface area contributed by atoms with Gasteiger partial charge in [0.05, 0.1) is 5.69 Å². The molecule has 0 aliphatic carbocycles. The highest BCUT2D eigenvalue weighted by molar-refractivity contribution is 7.13. The van der Waals surface area contributed by atoms with E-state index in [1.165, 1.54) is 23.5 Å². The van der Waals surface area contributed by atoms with Crippen LogP contribution < -0.4 is 5.73 Å². The molecule has 2 aromatic rings. The molecule has 1 heterocycles. The highest BCUT2D eigenvalue weighted by Crippen LogP contribution is 2.26. The summed E-state index contributed by atoms with van der Waals surface area (Å²) in [6, 6.07) is 4.65. The smallest absolute Gasteiger partial charge is 0.180 e. The van der Waals surface area contributed by atoms with Crippen molar-refractivity contribution in [1.82, 2.24) is 4.98 Å². The van der Waals surface area contributed by atoms with E-state index in [4.69, 9.17) is 5.73 Å². The quantitative estimate of drug-likeness (QED) is 0.782. The van der Waals surface area contributed by atoms with Crippen molar-refractivity contribution in [3.63, 3.8) is 0 Å². The highest BCUT2D eigenvalue weighted by atomic mass is 32.1. The summed E-state index contributed by atoms with van der Waals surface area (Å²) in [5.74, 6) is -0.253. The molecule has 2 rings (SSSR count). The molecule has 0 radical (unpaired) electrons. The summed E-state index contributed by atoms with van der Waals surface area (Å²) in [4.78, 5) is 4.11. The van der Waals surface area contributed by atoms with E-state index in [9.17, 15) is 4.39 Å². The van der Waals surface area contributed by atoms with Crippen molar-refractivity contribution < 1.29 is 4.39 Å². The van der Waals surface area contributed by atoms with Gasteiger partial charge in [-0.05, 0) is 24.6 Å². The first-order valence-electron chi connectivity index (χ1n) is 4.14. The molecule has 0 unspecified atom stereocenters. The standard InChI is InChI=1S/C10H9FN2S/c1-6-2-3-7(11)4-8(6)9-5-14-10(12)13-9/h2-5H,1H3,(H2,12,13). The van der Waals surface area contributed by atoms with Gasteiger partial charge in [-0.1, -0.05) is 6.07 Å². The van der Waals surface area contributed by atoms with Crippen LogP contribution in [0.25, 0.3) is 11.3 Å². The lowest BCUT2D eigenvalue weighted by atomic mass is 10.1. The van der Waals surface area contributed by atoms with Gasteiger partial charge in [0, 0.05) is 10.9 Å². The minimum Gasteiger partial charge on any atom is -0.375 e. The zero-order chi connectivity index (χ0) is 10.1. The Kier molecular flexibility index (Phi) is 2.21. The van der Waals surface area contributed by atoms with E-state index in [2.05, 4.69) is 4.98 Å². The molecule has 0 spiro atoms. The summed E-state index contributed by atoms with van der Waals surface area (Å²) in [7, 11) is 0. The van der Waals surface area contributed by atoms with Crippen LogP contribution in [-0.2, 0) is 0 Å². The second-order valence-electron chi connectivity index (χ2n) is 3.03. The number of aromatic nitrogens is 1. The molecule has 1 aromatic carbocycles. The van der Waals surface area contributed by atoms with E-state index >= 15 is 0 Å². The Labute approximate surface area is 85.2 Å². The first-order chi connectivity index (χ1) is 6.66. The van der Waals surface area contributed by atoms with Crippen LogP contribution in [0.1, 0.15) is 5.56 Å². The molecule has 1 aromatic heterocycles. The van der Waals surface area contributed by atoms with Gasteiger partial charge in [-0.3, -0.25) is 0 Å².